The summed E-state index contributed by atoms with van der Waals surface area (Å²) in [6.07, 6.45) is 0. The standard InChI is InChI=1S/C9Br17O/c10-1(11)2(12,13)4(16,17)6(20,21)8(24,25)9(26,27)7(22,23)5(18,19)3(1,14)15. The molecule has 1 fully saturated rings. The highest BCUT2D eigenvalue weighted by Crippen LogP contribution is 2.82. The fourth-order valence-electron chi connectivity index (χ4n) is 1.78. The number of rotatable bonds is 0. The van der Waals surface area contributed by atoms with Crippen molar-refractivity contribution in [1.82, 2.24) is 0 Å². The van der Waals surface area contributed by atoms with Crippen LogP contribution < -0.4 is 0 Å². The summed E-state index contributed by atoms with van der Waals surface area (Å²) >= 11 is 62.4. The second kappa shape index (κ2) is 9.70. The molecule has 1 saturated carbocycles. The zero-order chi connectivity index (χ0) is 22.5. The van der Waals surface area contributed by atoms with E-state index in [9.17, 15) is 5.11 Å². The van der Waals surface area contributed by atoms with Crippen LogP contribution in [0.1, 0.15) is 0 Å². The minimum Gasteiger partial charge on any atom is -0.212 e. The lowest BCUT2D eigenvalue weighted by Gasteiger charge is -2.55. The predicted octanol–water partition coefficient (Wildman–Crippen LogP) is 12.4. The van der Waals surface area contributed by atoms with E-state index in [4.69, 9.17) is 0 Å². The third-order valence-corrected chi connectivity index (χ3v) is 40.7. The molecule has 0 unspecified atom stereocenters. The Hall–Kier alpha value is 8.12. The van der Waals surface area contributed by atoms with Crippen LogP contribution >= 0.6 is 271 Å². The van der Waals surface area contributed by atoms with Gasteiger partial charge in [-0.15, -0.1) is 0 Å². The molecule has 1 aliphatic carbocycles. The Morgan fingerprint density at radius 3 is 0.519 bits per heavy atom. The first-order valence-corrected chi connectivity index (χ1v) is 19.1. The van der Waals surface area contributed by atoms with Gasteiger partial charge in [0.15, 0.2) is 6.47 Å². The third kappa shape index (κ3) is 4.43. The highest BCUT2D eigenvalue weighted by atomic mass is 80.0. The normalized spacial score (nSPS) is 34.0. The Morgan fingerprint density at radius 1 is 0.259 bits per heavy atom. The van der Waals surface area contributed by atoms with E-state index >= 15 is 0 Å². The van der Waals surface area contributed by atoms with Gasteiger partial charge < -0.3 is 0 Å². The molecule has 1 rings (SSSR count). The van der Waals surface area contributed by atoms with Crippen LogP contribution in [0.5, 0.6) is 0 Å². The molecule has 1 aliphatic rings. The van der Waals surface area contributed by atoms with Crippen molar-refractivity contribution in [2.24, 2.45) is 0 Å². The van der Waals surface area contributed by atoms with Crippen LogP contribution in [-0.2, 0) is 5.11 Å². The number of alkyl halides is 17. The molecule has 0 N–H and O–H groups in total. The van der Waals surface area contributed by atoms with E-state index in [1.807, 2.05) is 0 Å². The van der Waals surface area contributed by atoms with Gasteiger partial charge in [-0.25, -0.2) is 5.11 Å². The number of hydrogen-bond donors (Lipinski definition) is 0. The molecule has 0 aromatic rings. The molecular weight excluding hydrogens is 1480 g/mol. The average molecular weight is 1480 g/mol. The van der Waals surface area contributed by atoms with Crippen LogP contribution in [-0.4, -0.2) is 30.4 Å². The Kier molecular flexibility index (Phi) is 11.9. The van der Waals surface area contributed by atoms with Crippen LogP contribution in [0.4, 0.5) is 0 Å². The Bertz CT molecular complexity index is 409. The monoisotopic (exact) mass is 1470 g/mol. The molecule has 18 heteroatoms. The van der Waals surface area contributed by atoms with Crippen LogP contribution in [0.15, 0.2) is 0 Å². The molecule has 0 amide bonds. The van der Waals surface area contributed by atoms with Crippen molar-refractivity contribution in [3.63, 3.8) is 0 Å². The quantitative estimate of drug-likeness (QED) is 0.216. The van der Waals surface area contributed by atoms with Crippen molar-refractivity contribution >= 4 is 271 Å². The topological polar surface area (TPSA) is 19.9 Å². The second-order valence-corrected chi connectivity index (χ2v) is 33.9. The summed E-state index contributed by atoms with van der Waals surface area (Å²) in [6, 6.07) is 0. The Morgan fingerprint density at radius 2 is 0.370 bits per heavy atom. The maximum absolute atomic E-state index is 14.2. The first-order valence-electron chi connectivity index (χ1n) is 5.67. The molecule has 0 aromatic heterocycles. The number of hydrogen-bond acceptors (Lipinski definition) is 0. The molecule has 1 radical (unpaired) electrons. The number of halogens is 17. The fraction of sp³-hybridized carbons (Fsp3) is 1.00. The molecule has 0 bridgehead atoms. The second-order valence-electron chi connectivity index (χ2n) is 5.19. The zero-order valence-corrected chi connectivity index (χ0v) is 38.3. The first kappa shape index (κ1) is 33.1. The molecule has 0 spiro atoms. The van der Waals surface area contributed by atoms with Gasteiger partial charge in [-0.1, -0.05) is 255 Å². The van der Waals surface area contributed by atoms with Crippen molar-refractivity contribution in [2.45, 2.75) is 30.4 Å². The molecular formula is C9Br17O. The zero-order valence-electron chi connectivity index (χ0n) is 11.3. The maximum atomic E-state index is 14.2. The van der Waals surface area contributed by atoms with Crippen molar-refractivity contribution < 1.29 is 5.11 Å². The summed E-state index contributed by atoms with van der Waals surface area (Å²) in [6.45, 7) is 0. The van der Waals surface area contributed by atoms with Crippen molar-refractivity contribution in [1.29, 1.82) is 0 Å². The smallest absolute Gasteiger partial charge is 0.212 e. The molecule has 0 heterocycles. The summed E-state index contributed by atoms with van der Waals surface area (Å²) in [4.78, 5) is 0. The molecule has 0 aliphatic heterocycles. The summed E-state index contributed by atoms with van der Waals surface area (Å²) in [7, 11) is 0. The summed E-state index contributed by atoms with van der Waals surface area (Å²) < 4.78 is -11.6. The van der Waals surface area contributed by atoms with Gasteiger partial charge in [-0.2, -0.15) is 0 Å². The van der Waals surface area contributed by atoms with Crippen LogP contribution in [0.25, 0.3) is 0 Å². The van der Waals surface area contributed by atoms with E-state index in [2.05, 4.69) is 271 Å². The Labute approximate surface area is 299 Å². The first-order chi connectivity index (χ1) is 11.2. The largest absolute Gasteiger partial charge is 0.212 e. The molecule has 0 atom stereocenters. The minimum absolute atomic E-state index is 1.07. The van der Waals surface area contributed by atoms with E-state index < -0.39 is 30.4 Å². The van der Waals surface area contributed by atoms with Crippen LogP contribution in [0.2, 0.25) is 0 Å². The Balaban J connectivity index is 4.27. The van der Waals surface area contributed by atoms with Gasteiger partial charge in [-0.05, 0) is 15.9 Å². The molecule has 0 saturated heterocycles. The maximum Gasteiger partial charge on any atom is 0.212 e. The molecule has 1 nitrogen and oxygen atoms in total. The van der Waals surface area contributed by atoms with E-state index in [1.54, 1.807) is 0 Å². The highest BCUT2D eigenvalue weighted by Gasteiger charge is 2.85. The minimum atomic E-state index is -2.01. The lowest BCUT2D eigenvalue weighted by molar-refractivity contribution is 0.0446. The predicted molar refractivity (Wildman–Crippen MR) is 177 cm³/mol. The summed E-state index contributed by atoms with van der Waals surface area (Å²) in [5.74, 6) is 0. The van der Waals surface area contributed by atoms with Crippen LogP contribution in [0, 0.1) is 0 Å². The van der Waals surface area contributed by atoms with Crippen LogP contribution in [0.3, 0.4) is 0 Å². The van der Waals surface area contributed by atoms with Gasteiger partial charge in [-0.3, -0.25) is 0 Å². The lowest BCUT2D eigenvalue weighted by Crippen LogP contribution is -2.68. The van der Waals surface area contributed by atoms with Crippen molar-refractivity contribution in [3.8, 4) is 0 Å². The van der Waals surface area contributed by atoms with Gasteiger partial charge in [0.25, 0.3) is 0 Å². The van der Waals surface area contributed by atoms with Gasteiger partial charge >= 0.3 is 0 Å². The van der Waals surface area contributed by atoms with E-state index in [0.29, 0.717) is 0 Å². The molecule has 0 aromatic carbocycles. The molecule has 27 heavy (non-hydrogen) atoms. The summed E-state index contributed by atoms with van der Waals surface area (Å²) in [5, 5.41) is 14.2. The third-order valence-electron chi connectivity index (χ3n) is 3.57. The summed E-state index contributed by atoms with van der Waals surface area (Å²) in [5.41, 5.74) is 0. The van der Waals surface area contributed by atoms with E-state index in [1.165, 1.54) is 0 Å². The van der Waals surface area contributed by atoms with Crippen molar-refractivity contribution in [3.05, 3.63) is 0 Å². The highest BCUT2D eigenvalue weighted by molar-refractivity contribution is 9.37. The fourth-order valence-corrected chi connectivity index (χ4v) is 20.3. The van der Waals surface area contributed by atoms with Gasteiger partial charge in [0.2, 0.25) is 4.51 Å². The van der Waals surface area contributed by atoms with Crippen molar-refractivity contribution in [2.75, 3.05) is 0 Å². The van der Waals surface area contributed by atoms with E-state index in [-0.39, 0.29) is 0 Å². The van der Waals surface area contributed by atoms with E-state index in [0.717, 1.165) is 0 Å². The van der Waals surface area contributed by atoms with Gasteiger partial charge in [0.05, 0.1) is 0 Å². The molecule has 161 valence electrons. The lowest BCUT2D eigenvalue weighted by atomic mass is 10.1. The average Bonchev–Trinajstić information content (AvgIpc) is 2.44. The van der Waals surface area contributed by atoms with Gasteiger partial charge in [0, 0.05) is 0 Å². The van der Waals surface area contributed by atoms with Gasteiger partial charge in [0.1, 0.15) is 19.4 Å². The SMILES string of the molecule is [O]C1(Br)C(Br)(Br)C(Br)(Br)C(Br)(Br)C(Br)(Br)C(Br)(Br)C(Br)(Br)C(Br)(Br)C1(Br)Br.